The lowest BCUT2D eigenvalue weighted by Crippen LogP contribution is -2.32. The molecule has 148 valence electrons. The molecule has 1 N–H and O–H groups in total. The number of halogens is 2. The van der Waals surface area contributed by atoms with Gasteiger partial charge in [-0.15, -0.1) is 5.10 Å². The third-order valence-electron chi connectivity index (χ3n) is 5.12. The summed E-state index contributed by atoms with van der Waals surface area (Å²) in [5.41, 5.74) is 2.06. The molecule has 0 radical (unpaired) electrons. The normalized spacial score (nSPS) is 22.4. The summed E-state index contributed by atoms with van der Waals surface area (Å²) >= 11 is 6.19. The van der Waals surface area contributed by atoms with Crippen LogP contribution in [0.2, 0.25) is 5.15 Å². The summed E-state index contributed by atoms with van der Waals surface area (Å²) in [6, 6.07) is -0.386. The van der Waals surface area contributed by atoms with E-state index in [2.05, 4.69) is 25.5 Å². The van der Waals surface area contributed by atoms with E-state index in [0.717, 1.165) is 5.69 Å². The van der Waals surface area contributed by atoms with Gasteiger partial charge in [0.15, 0.2) is 10.8 Å². The molecule has 1 unspecified atom stereocenters. The molecule has 28 heavy (non-hydrogen) atoms. The first-order chi connectivity index (χ1) is 13.6. The molecule has 11 heteroatoms. The molecule has 5 rings (SSSR count). The average molecular weight is 408 g/mol. The Morgan fingerprint density at radius 3 is 3.07 bits per heavy atom. The lowest BCUT2D eigenvalue weighted by Gasteiger charge is -2.27. The summed E-state index contributed by atoms with van der Waals surface area (Å²) in [6.07, 6.45) is 1.78. The van der Waals surface area contributed by atoms with Crippen molar-refractivity contribution in [2.45, 2.75) is 38.5 Å². The Morgan fingerprint density at radius 2 is 2.21 bits per heavy atom. The van der Waals surface area contributed by atoms with Gasteiger partial charge in [0.05, 0.1) is 30.3 Å². The average Bonchev–Trinajstić information content (AvgIpc) is 3.16. The molecule has 2 bridgehead atoms. The van der Waals surface area contributed by atoms with Crippen LogP contribution in [0.5, 0.6) is 5.88 Å². The van der Waals surface area contributed by atoms with Crippen LogP contribution in [-0.4, -0.2) is 55.5 Å². The van der Waals surface area contributed by atoms with E-state index in [0.29, 0.717) is 66.3 Å². The van der Waals surface area contributed by atoms with Crippen molar-refractivity contribution in [2.75, 3.05) is 25.1 Å². The molecule has 1 saturated heterocycles. The van der Waals surface area contributed by atoms with Gasteiger partial charge < -0.3 is 14.8 Å². The molecule has 0 aliphatic carbocycles. The van der Waals surface area contributed by atoms with Gasteiger partial charge in [0, 0.05) is 25.8 Å². The van der Waals surface area contributed by atoms with Crippen LogP contribution in [0.3, 0.4) is 0 Å². The number of anilines is 2. The van der Waals surface area contributed by atoms with Crippen LogP contribution in [0.25, 0.3) is 11.0 Å². The van der Waals surface area contributed by atoms with Crippen LogP contribution < -0.4 is 10.1 Å². The predicted octanol–water partition coefficient (Wildman–Crippen LogP) is 2.81. The zero-order valence-corrected chi connectivity index (χ0v) is 16.0. The van der Waals surface area contributed by atoms with Gasteiger partial charge in [-0.25, -0.2) is 14.1 Å². The molecule has 9 nitrogen and oxygen atoms in total. The molecule has 0 amide bonds. The number of ether oxygens (including phenoxy) is 2. The Balaban J connectivity index is 1.58. The van der Waals surface area contributed by atoms with Crippen molar-refractivity contribution in [1.29, 1.82) is 0 Å². The Kier molecular flexibility index (Phi) is 4.31. The number of fused-ring (bicyclic) bond motifs is 2. The molecule has 0 aromatic carbocycles. The third-order valence-corrected chi connectivity index (χ3v) is 5.40. The second-order valence-corrected chi connectivity index (χ2v) is 7.29. The first kappa shape index (κ1) is 17.6. The van der Waals surface area contributed by atoms with Gasteiger partial charge in [0.2, 0.25) is 5.95 Å². The fourth-order valence-corrected chi connectivity index (χ4v) is 3.89. The first-order valence-corrected chi connectivity index (χ1v) is 9.59. The molecule has 5 heterocycles. The monoisotopic (exact) mass is 407 g/mol. The van der Waals surface area contributed by atoms with E-state index in [1.165, 1.54) is 0 Å². The predicted molar refractivity (Wildman–Crippen MR) is 100 cm³/mol. The molecule has 3 aromatic heterocycles. The minimum atomic E-state index is -1.11. The lowest BCUT2D eigenvalue weighted by atomic mass is 10.1. The van der Waals surface area contributed by atoms with Gasteiger partial charge in [-0.2, -0.15) is 10.1 Å². The molecule has 3 aromatic rings. The van der Waals surface area contributed by atoms with E-state index in [1.54, 1.807) is 15.6 Å². The SMILES string of the molecule is Cc1c2c(nn1C1CCOC[C@H]1F)OCCCn1nc(Cl)c3cnc(nc31)N2. The molecule has 2 aliphatic rings. The highest BCUT2D eigenvalue weighted by Crippen LogP contribution is 2.35. The van der Waals surface area contributed by atoms with Gasteiger partial charge >= 0.3 is 0 Å². The number of aromatic nitrogens is 6. The Bertz CT molecular complexity index is 1040. The Morgan fingerprint density at radius 1 is 1.32 bits per heavy atom. The van der Waals surface area contributed by atoms with Gasteiger partial charge in [-0.3, -0.25) is 4.68 Å². The van der Waals surface area contributed by atoms with Crippen LogP contribution in [0.15, 0.2) is 6.20 Å². The quantitative estimate of drug-likeness (QED) is 0.663. The van der Waals surface area contributed by atoms with E-state index >= 15 is 0 Å². The molecule has 1 fully saturated rings. The third kappa shape index (κ3) is 2.87. The maximum Gasteiger partial charge on any atom is 0.257 e. The second kappa shape index (κ2) is 6.85. The standard InChI is InChI=1S/C17H19ClFN7O2/c1-9-13-16(24-26(9)12-3-6-27-8-11(12)19)28-5-2-4-25-15-10(14(18)23-25)7-20-17(21-13)22-15/h7,11-12H,2-6,8H2,1H3,(H,20,21,22)/t11-,12?/m1/s1. The van der Waals surface area contributed by atoms with Crippen molar-refractivity contribution < 1.29 is 13.9 Å². The zero-order chi connectivity index (χ0) is 19.3. The molecule has 0 saturated carbocycles. The summed E-state index contributed by atoms with van der Waals surface area (Å²) in [4.78, 5) is 8.90. The summed E-state index contributed by atoms with van der Waals surface area (Å²) in [5, 5.41) is 13.1. The molecular formula is C17H19ClFN7O2. The van der Waals surface area contributed by atoms with Crippen molar-refractivity contribution in [2.24, 2.45) is 0 Å². The number of nitrogens with zero attached hydrogens (tertiary/aromatic N) is 6. The van der Waals surface area contributed by atoms with E-state index in [1.807, 2.05) is 6.92 Å². The van der Waals surface area contributed by atoms with Crippen LogP contribution in [0.4, 0.5) is 16.0 Å². The fraction of sp³-hybridized carbons (Fsp3) is 0.529. The molecule has 2 aliphatic heterocycles. The second-order valence-electron chi connectivity index (χ2n) is 6.93. The van der Waals surface area contributed by atoms with E-state index in [-0.39, 0.29) is 12.6 Å². The zero-order valence-electron chi connectivity index (χ0n) is 15.2. The van der Waals surface area contributed by atoms with Crippen molar-refractivity contribution in [1.82, 2.24) is 29.5 Å². The van der Waals surface area contributed by atoms with Crippen molar-refractivity contribution in [3.8, 4) is 5.88 Å². The van der Waals surface area contributed by atoms with E-state index < -0.39 is 6.17 Å². The molecule has 2 atom stereocenters. The van der Waals surface area contributed by atoms with Crippen LogP contribution in [0, 0.1) is 6.92 Å². The topological polar surface area (TPSA) is 91.9 Å². The highest BCUT2D eigenvalue weighted by Gasteiger charge is 2.31. The Hall–Kier alpha value is -2.46. The highest BCUT2D eigenvalue weighted by molar-refractivity contribution is 6.34. The largest absolute Gasteiger partial charge is 0.475 e. The number of aryl methyl sites for hydroxylation is 1. The van der Waals surface area contributed by atoms with Crippen molar-refractivity contribution >= 4 is 34.3 Å². The summed E-state index contributed by atoms with van der Waals surface area (Å²) in [6.45, 7) is 3.49. The molecular weight excluding hydrogens is 389 g/mol. The fourth-order valence-electron chi connectivity index (χ4n) is 3.66. The van der Waals surface area contributed by atoms with Crippen LogP contribution in [0.1, 0.15) is 24.6 Å². The van der Waals surface area contributed by atoms with E-state index in [9.17, 15) is 4.39 Å². The molecule has 0 spiro atoms. The van der Waals surface area contributed by atoms with E-state index in [4.69, 9.17) is 21.1 Å². The van der Waals surface area contributed by atoms with Gasteiger partial charge in [0.25, 0.3) is 5.88 Å². The number of hydrogen-bond donors (Lipinski definition) is 1. The Labute approximate surface area is 164 Å². The van der Waals surface area contributed by atoms with Crippen molar-refractivity contribution in [3.05, 3.63) is 17.0 Å². The minimum absolute atomic E-state index is 0.0768. The highest BCUT2D eigenvalue weighted by atomic mass is 35.5. The lowest BCUT2D eigenvalue weighted by molar-refractivity contribution is -0.000995. The van der Waals surface area contributed by atoms with Crippen LogP contribution in [-0.2, 0) is 11.3 Å². The van der Waals surface area contributed by atoms with Gasteiger partial charge in [-0.05, 0) is 13.3 Å². The smallest absolute Gasteiger partial charge is 0.257 e. The summed E-state index contributed by atoms with van der Waals surface area (Å²) in [7, 11) is 0. The first-order valence-electron chi connectivity index (χ1n) is 9.21. The number of hydrogen-bond acceptors (Lipinski definition) is 7. The maximum atomic E-state index is 14.4. The number of rotatable bonds is 1. The summed E-state index contributed by atoms with van der Waals surface area (Å²) in [5.74, 6) is 0.793. The number of nitrogens with one attached hydrogen (secondary N) is 1. The minimum Gasteiger partial charge on any atom is -0.475 e. The van der Waals surface area contributed by atoms with Crippen LogP contribution >= 0.6 is 11.6 Å². The number of alkyl halides is 1. The van der Waals surface area contributed by atoms with Gasteiger partial charge in [0.1, 0.15) is 11.9 Å². The maximum absolute atomic E-state index is 14.4. The van der Waals surface area contributed by atoms with Gasteiger partial charge in [-0.1, -0.05) is 11.6 Å². The summed E-state index contributed by atoms with van der Waals surface area (Å²) < 4.78 is 29.0. The van der Waals surface area contributed by atoms with Crippen molar-refractivity contribution in [3.63, 3.8) is 0 Å².